The van der Waals surface area contributed by atoms with E-state index in [1.54, 1.807) is 41.8 Å². The van der Waals surface area contributed by atoms with Gasteiger partial charge in [-0.05, 0) is 43.3 Å². The Labute approximate surface area is 173 Å². The molecule has 0 radical (unpaired) electrons. The summed E-state index contributed by atoms with van der Waals surface area (Å²) in [6.07, 6.45) is 1.78. The van der Waals surface area contributed by atoms with Crippen molar-refractivity contribution < 1.29 is 14.3 Å². The second kappa shape index (κ2) is 9.02. The molecule has 3 aromatic rings. The number of anilines is 2. The van der Waals surface area contributed by atoms with Gasteiger partial charge in [-0.2, -0.15) is 0 Å². The molecule has 0 spiro atoms. The Morgan fingerprint density at radius 2 is 2.00 bits per heavy atom. The molecular formula is C21H22N4O3S. The molecule has 1 aromatic carbocycles. The quantitative estimate of drug-likeness (QED) is 0.670. The van der Waals surface area contributed by atoms with E-state index in [1.807, 2.05) is 24.4 Å². The Bertz CT molecular complexity index is 951. The second-order valence-corrected chi connectivity index (χ2v) is 7.69. The molecule has 1 fully saturated rings. The predicted molar refractivity (Wildman–Crippen MR) is 113 cm³/mol. The molecule has 0 unspecified atom stereocenters. The lowest BCUT2D eigenvalue weighted by Crippen LogP contribution is -2.36. The van der Waals surface area contributed by atoms with Crippen molar-refractivity contribution in [2.24, 2.45) is 0 Å². The number of hydrogen-bond acceptors (Lipinski definition) is 7. The lowest BCUT2D eigenvalue weighted by molar-refractivity contribution is 0.102. The number of carbonyl (C=O) groups excluding carboxylic acids is 1. The summed E-state index contributed by atoms with van der Waals surface area (Å²) in [6, 6.07) is 10.8. The molecule has 29 heavy (non-hydrogen) atoms. The Morgan fingerprint density at radius 3 is 2.66 bits per heavy atom. The number of nitrogens with one attached hydrogen (secondary N) is 1. The first-order valence-corrected chi connectivity index (χ1v) is 10.3. The van der Waals surface area contributed by atoms with E-state index in [2.05, 4.69) is 20.2 Å². The molecule has 1 aliphatic heterocycles. The summed E-state index contributed by atoms with van der Waals surface area (Å²) < 4.78 is 11.1. The number of rotatable bonds is 6. The first-order valence-electron chi connectivity index (χ1n) is 9.41. The van der Waals surface area contributed by atoms with Crippen LogP contribution in [0.1, 0.15) is 21.1 Å². The van der Waals surface area contributed by atoms with E-state index in [0.29, 0.717) is 23.7 Å². The smallest absolute Gasteiger partial charge is 0.256 e. The van der Waals surface area contributed by atoms with E-state index in [9.17, 15) is 4.79 Å². The molecule has 1 aliphatic rings. The van der Waals surface area contributed by atoms with Crippen molar-refractivity contribution in [1.29, 1.82) is 0 Å². The van der Waals surface area contributed by atoms with Crippen molar-refractivity contribution in [2.75, 3.05) is 36.5 Å². The second-order valence-electron chi connectivity index (χ2n) is 6.63. The van der Waals surface area contributed by atoms with E-state index in [1.165, 1.54) is 0 Å². The molecule has 0 saturated carbocycles. The van der Waals surface area contributed by atoms with Crippen LogP contribution in [-0.2, 0) is 11.3 Å². The van der Waals surface area contributed by atoms with Gasteiger partial charge in [0.05, 0.1) is 35.8 Å². The largest absolute Gasteiger partial charge is 0.487 e. The van der Waals surface area contributed by atoms with Crippen molar-refractivity contribution in [3.05, 3.63) is 64.2 Å². The molecular weight excluding hydrogens is 388 g/mol. The van der Waals surface area contributed by atoms with Gasteiger partial charge in [0.2, 0.25) is 0 Å². The van der Waals surface area contributed by atoms with Crippen molar-refractivity contribution in [1.82, 2.24) is 9.97 Å². The van der Waals surface area contributed by atoms with Crippen LogP contribution in [0, 0.1) is 6.92 Å². The maximum atomic E-state index is 12.5. The van der Waals surface area contributed by atoms with Gasteiger partial charge in [0.25, 0.3) is 5.91 Å². The molecule has 8 heteroatoms. The highest BCUT2D eigenvalue weighted by molar-refractivity contribution is 7.09. The number of carbonyl (C=O) groups is 1. The predicted octanol–water partition coefficient (Wildman–Crippen LogP) is 3.51. The van der Waals surface area contributed by atoms with E-state index >= 15 is 0 Å². The normalized spacial score (nSPS) is 13.9. The maximum Gasteiger partial charge on any atom is 0.256 e. The number of aryl methyl sites for hydroxylation is 1. The van der Waals surface area contributed by atoms with Gasteiger partial charge in [-0.3, -0.25) is 4.79 Å². The minimum absolute atomic E-state index is 0.210. The SMILES string of the molecule is Cc1nc(COc2ccc(C(=O)Nc3ccc(N4CCOCC4)cn3)cc2)cs1. The van der Waals surface area contributed by atoms with Crippen LogP contribution in [0.4, 0.5) is 11.5 Å². The monoisotopic (exact) mass is 410 g/mol. The average Bonchev–Trinajstić information content (AvgIpc) is 3.19. The Kier molecular flexibility index (Phi) is 6.02. The van der Waals surface area contributed by atoms with Crippen molar-refractivity contribution in [3.8, 4) is 5.75 Å². The van der Waals surface area contributed by atoms with Crippen LogP contribution in [0.15, 0.2) is 48.0 Å². The third-order valence-electron chi connectivity index (χ3n) is 4.54. The standard InChI is InChI=1S/C21H22N4O3S/c1-15-23-17(14-29-15)13-28-19-5-2-16(3-6-19)21(26)24-20-7-4-18(12-22-20)25-8-10-27-11-9-25/h2-7,12,14H,8-11,13H2,1H3,(H,22,24,26). The van der Waals surface area contributed by atoms with Crippen LogP contribution >= 0.6 is 11.3 Å². The summed E-state index contributed by atoms with van der Waals surface area (Å²) >= 11 is 1.60. The highest BCUT2D eigenvalue weighted by Crippen LogP contribution is 2.18. The van der Waals surface area contributed by atoms with Crippen LogP contribution in [0.5, 0.6) is 5.75 Å². The van der Waals surface area contributed by atoms with E-state index in [4.69, 9.17) is 9.47 Å². The van der Waals surface area contributed by atoms with Gasteiger partial charge in [0, 0.05) is 24.0 Å². The van der Waals surface area contributed by atoms with E-state index in [-0.39, 0.29) is 5.91 Å². The lowest BCUT2D eigenvalue weighted by atomic mass is 10.2. The fraction of sp³-hybridized carbons (Fsp3) is 0.286. The molecule has 150 valence electrons. The van der Waals surface area contributed by atoms with E-state index < -0.39 is 0 Å². The molecule has 7 nitrogen and oxygen atoms in total. The zero-order valence-electron chi connectivity index (χ0n) is 16.1. The van der Waals surface area contributed by atoms with Crippen LogP contribution in [0.3, 0.4) is 0 Å². The van der Waals surface area contributed by atoms with Crippen LogP contribution in [0.2, 0.25) is 0 Å². The Morgan fingerprint density at radius 1 is 1.21 bits per heavy atom. The van der Waals surface area contributed by atoms with Crippen molar-refractivity contribution >= 4 is 28.7 Å². The van der Waals surface area contributed by atoms with Gasteiger partial charge >= 0.3 is 0 Å². The van der Waals surface area contributed by atoms with Crippen LogP contribution in [0.25, 0.3) is 0 Å². The molecule has 4 rings (SSSR count). The average molecular weight is 410 g/mol. The summed E-state index contributed by atoms with van der Waals surface area (Å²) in [4.78, 5) is 23.4. The molecule has 1 N–H and O–H groups in total. The molecule has 3 heterocycles. The fourth-order valence-electron chi connectivity index (χ4n) is 2.99. The molecule has 0 bridgehead atoms. The van der Waals surface area contributed by atoms with Crippen molar-refractivity contribution in [2.45, 2.75) is 13.5 Å². The zero-order valence-corrected chi connectivity index (χ0v) is 16.9. The van der Waals surface area contributed by atoms with Gasteiger partial charge in [-0.25, -0.2) is 9.97 Å². The number of benzene rings is 1. The first-order chi connectivity index (χ1) is 14.2. The Balaban J connectivity index is 1.32. The van der Waals surface area contributed by atoms with Crippen molar-refractivity contribution in [3.63, 3.8) is 0 Å². The Hall–Kier alpha value is -2.97. The molecule has 0 aliphatic carbocycles. The van der Waals surface area contributed by atoms with Crippen LogP contribution < -0.4 is 15.0 Å². The topological polar surface area (TPSA) is 76.6 Å². The molecule has 2 aromatic heterocycles. The van der Waals surface area contributed by atoms with E-state index in [0.717, 1.165) is 42.7 Å². The molecule has 1 saturated heterocycles. The molecule has 1 amide bonds. The lowest BCUT2D eigenvalue weighted by Gasteiger charge is -2.28. The summed E-state index contributed by atoms with van der Waals surface area (Å²) in [7, 11) is 0. The van der Waals surface area contributed by atoms with Gasteiger partial charge in [-0.15, -0.1) is 11.3 Å². The highest BCUT2D eigenvalue weighted by atomic mass is 32.1. The summed E-state index contributed by atoms with van der Waals surface area (Å²) in [5, 5.41) is 5.82. The van der Waals surface area contributed by atoms with Gasteiger partial charge in [-0.1, -0.05) is 0 Å². The highest BCUT2D eigenvalue weighted by Gasteiger charge is 2.12. The third kappa shape index (κ3) is 5.10. The van der Waals surface area contributed by atoms with Gasteiger partial charge in [0.15, 0.2) is 0 Å². The third-order valence-corrected chi connectivity index (χ3v) is 5.36. The minimum Gasteiger partial charge on any atom is -0.487 e. The summed E-state index contributed by atoms with van der Waals surface area (Å²) in [6.45, 7) is 5.53. The number of amides is 1. The van der Waals surface area contributed by atoms with Gasteiger partial charge in [0.1, 0.15) is 18.2 Å². The summed E-state index contributed by atoms with van der Waals surface area (Å²) in [5.74, 6) is 1.00. The number of pyridine rings is 1. The number of ether oxygens (including phenoxy) is 2. The number of morpholine rings is 1. The number of nitrogens with zero attached hydrogens (tertiary/aromatic N) is 3. The summed E-state index contributed by atoms with van der Waals surface area (Å²) in [5.41, 5.74) is 2.48. The number of thiazole rings is 1. The van der Waals surface area contributed by atoms with Gasteiger partial charge < -0.3 is 19.7 Å². The van der Waals surface area contributed by atoms with Crippen LogP contribution in [-0.4, -0.2) is 42.2 Å². The zero-order chi connectivity index (χ0) is 20.1. The number of hydrogen-bond donors (Lipinski definition) is 1. The molecule has 0 atom stereocenters. The fourth-order valence-corrected chi connectivity index (χ4v) is 3.59. The number of aromatic nitrogens is 2. The minimum atomic E-state index is -0.210. The maximum absolute atomic E-state index is 12.5. The first kappa shape index (κ1) is 19.4.